The van der Waals surface area contributed by atoms with Gasteiger partial charge >= 0.3 is 0 Å². The molecular weight excluding hydrogens is 296 g/mol. The van der Waals surface area contributed by atoms with Gasteiger partial charge in [-0.1, -0.05) is 6.92 Å². The number of hydrogen-bond acceptors (Lipinski definition) is 4. The van der Waals surface area contributed by atoms with Gasteiger partial charge in [0.15, 0.2) is 5.43 Å². The van der Waals surface area contributed by atoms with Crippen molar-refractivity contribution in [3.63, 3.8) is 0 Å². The molecule has 1 aliphatic heterocycles. The van der Waals surface area contributed by atoms with Crippen LogP contribution >= 0.6 is 0 Å². The molecule has 1 aromatic heterocycles. The van der Waals surface area contributed by atoms with Crippen LogP contribution in [0.2, 0.25) is 0 Å². The van der Waals surface area contributed by atoms with Crippen molar-refractivity contribution in [2.75, 3.05) is 26.3 Å². The Morgan fingerprint density at radius 1 is 1.48 bits per heavy atom. The average molecular weight is 324 g/mol. The molecule has 0 amide bonds. The Balaban J connectivity index is 0.000000816. The van der Waals surface area contributed by atoms with Crippen LogP contribution in [-0.4, -0.2) is 47.8 Å². The lowest BCUT2D eigenvalue weighted by molar-refractivity contribution is -0.122. The number of pyridine rings is 1. The number of hydrogen-bond donors (Lipinski definition) is 2. The van der Waals surface area contributed by atoms with E-state index in [1.54, 1.807) is 0 Å². The molecule has 2 rings (SSSR count). The lowest BCUT2D eigenvalue weighted by Gasteiger charge is -2.17. The van der Waals surface area contributed by atoms with E-state index in [0.29, 0.717) is 5.92 Å². The van der Waals surface area contributed by atoms with Gasteiger partial charge in [0, 0.05) is 42.7 Å². The van der Waals surface area contributed by atoms with Gasteiger partial charge in [-0.05, 0) is 39.2 Å². The Kier molecular flexibility index (Phi) is 8.58. The van der Waals surface area contributed by atoms with E-state index in [0.717, 1.165) is 56.1 Å². The number of carbonyl (C=O) groups is 1. The van der Waals surface area contributed by atoms with Crippen LogP contribution in [0.4, 0.5) is 0 Å². The standard InChI is InChI=1S/C16H26N2O2.CH2O2/c1-4-7-20-11-14-5-6-18(9-14)10-15-13(3)16(19)12(2)8-17-15;2-1-3/h8,14H,4-7,9-11H2,1-3H3,(H,17,19);1H,(H,2,3). The van der Waals surface area contributed by atoms with Crippen molar-refractivity contribution in [1.82, 2.24) is 9.88 Å². The summed E-state index contributed by atoms with van der Waals surface area (Å²) in [4.78, 5) is 26.0. The first kappa shape index (κ1) is 19.4. The molecule has 1 fully saturated rings. The molecule has 0 aliphatic carbocycles. The van der Waals surface area contributed by atoms with Gasteiger partial charge in [-0.25, -0.2) is 0 Å². The fourth-order valence-corrected chi connectivity index (χ4v) is 2.78. The zero-order valence-electron chi connectivity index (χ0n) is 14.3. The van der Waals surface area contributed by atoms with Gasteiger partial charge in [-0.2, -0.15) is 0 Å². The number of rotatable bonds is 6. The number of ether oxygens (including phenoxy) is 1. The molecule has 6 heteroatoms. The first-order chi connectivity index (χ1) is 11.0. The zero-order chi connectivity index (χ0) is 17.2. The molecule has 1 aromatic rings. The van der Waals surface area contributed by atoms with Crippen molar-refractivity contribution < 1.29 is 14.6 Å². The highest BCUT2D eigenvalue weighted by atomic mass is 16.5. The normalized spacial score (nSPS) is 17.6. The van der Waals surface area contributed by atoms with Crippen LogP contribution in [0.1, 0.15) is 36.6 Å². The Morgan fingerprint density at radius 3 is 2.83 bits per heavy atom. The number of aromatic amines is 1. The maximum Gasteiger partial charge on any atom is 0.290 e. The summed E-state index contributed by atoms with van der Waals surface area (Å²) in [7, 11) is 0. The minimum absolute atomic E-state index is 0.167. The van der Waals surface area contributed by atoms with E-state index in [4.69, 9.17) is 14.6 Å². The summed E-state index contributed by atoms with van der Waals surface area (Å²) >= 11 is 0. The molecule has 0 bridgehead atoms. The minimum Gasteiger partial charge on any atom is -0.483 e. The highest BCUT2D eigenvalue weighted by Crippen LogP contribution is 2.19. The summed E-state index contributed by atoms with van der Waals surface area (Å²) in [5, 5.41) is 6.89. The van der Waals surface area contributed by atoms with Gasteiger partial charge in [-0.3, -0.25) is 14.5 Å². The van der Waals surface area contributed by atoms with Crippen LogP contribution in [0.5, 0.6) is 0 Å². The summed E-state index contributed by atoms with van der Waals surface area (Å²) in [6.45, 7) is 10.4. The summed E-state index contributed by atoms with van der Waals surface area (Å²) in [5.74, 6) is 0.638. The van der Waals surface area contributed by atoms with Gasteiger partial charge < -0.3 is 14.8 Å². The molecular formula is C17H28N2O4. The third kappa shape index (κ3) is 6.15. The van der Waals surface area contributed by atoms with E-state index in [-0.39, 0.29) is 11.9 Å². The van der Waals surface area contributed by atoms with E-state index in [1.807, 2.05) is 20.0 Å². The number of carboxylic acid groups (broad SMARTS) is 1. The largest absolute Gasteiger partial charge is 0.483 e. The molecule has 0 aromatic carbocycles. The summed E-state index contributed by atoms with van der Waals surface area (Å²) in [6, 6.07) is 0. The van der Waals surface area contributed by atoms with Gasteiger partial charge in [0.05, 0.1) is 6.61 Å². The van der Waals surface area contributed by atoms with E-state index in [1.165, 1.54) is 6.42 Å². The van der Waals surface area contributed by atoms with Crippen molar-refractivity contribution in [2.24, 2.45) is 5.92 Å². The number of aryl methyl sites for hydroxylation is 1. The average Bonchev–Trinajstić information content (AvgIpc) is 2.97. The molecule has 1 aliphatic rings. The Hall–Kier alpha value is -1.66. The van der Waals surface area contributed by atoms with E-state index in [9.17, 15) is 4.79 Å². The molecule has 130 valence electrons. The van der Waals surface area contributed by atoms with Crippen LogP contribution < -0.4 is 5.43 Å². The quantitative estimate of drug-likeness (QED) is 0.617. The molecule has 0 spiro atoms. The number of nitrogens with one attached hydrogen (secondary N) is 1. The van der Waals surface area contributed by atoms with Crippen LogP contribution in [0.3, 0.4) is 0 Å². The monoisotopic (exact) mass is 324 g/mol. The number of likely N-dealkylation sites (tertiary alicyclic amines) is 1. The van der Waals surface area contributed by atoms with Gasteiger partial charge in [0.2, 0.25) is 0 Å². The maximum absolute atomic E-state index is 11.9. The molecule has 0 saturated carbocycles. The van der Waals surface area contributed by atoms with Crippen molar-refractivity contribution in [3.8, 4) is 0 Å². The fourth-order valence-electron chi connectivity index (χ4n) is 2.78. The molecule has 2 N–H and O–H groups in total. The lowest BCUT2D eigenvalue weighted by atomic mass is 10.1. The Morgan fingerprint density at radius 2 is 2.17 bits per heavy atom. The first-order valence-electron chi connectivity index (χ1n) is 8.09. The molecule has 1 unspecified atom stereocenters. The topological polar surface area (TPSA) is 82.6 Å². The third-order valence-electron chi connectivity index (χ3n) is 4.07. The molecule has 1 saturated heterocycles. The predicted octanol–water partition coefficient (Wildman–Crippen LogP) is 1.94. The van der Waals surface area contributed by atoms with Gasteiger partial charge in [0.1, 0.15) is 0 Å². The minimum atomic E-state index is -0.250. The van der Waals surface area contributed by atoms with Gasteiger partial charge in [0.25, 0.3) is 6.47 Å². The van der Waals surface area contributed by atoms with Crippen LogP contribution in [0.25, 0.3) is 0 Å². The number of aromatic nitrogens is 1. The fraction of sp³-hybridized carbons (Fsp3) is 0.647. The molecule has 2 heterocycles. The second-order valence-corrected chi connectivity index (χ2v) is 5.97. The molecule has 6 nitrogen and oxygen atoms in total. The second-order valence-electron chi connectivity index (χ2n) is 5.97. The van der Waals surface area contributed by atoms with Crippen LogP contribution in [0, 0.1) is 19.8 Å². The second kappa shape index (κ2) is 10.2. The SMILES string of the molecule is CCCOCC1CCN(Cc2[nH]cc(C)c(=O)c2C)C1.O=CO. The van der Waals surface area contributed by atoms with E-state index >= 15 is 0 Å². The predicted molar refractivity (Wildman–Crippen MR) is 89.7 cm³/mol. The van der Waals surface area contributed by atoms with Crippen LogP contribution in [-0.2, 0) is 16.1 Å². The highest BCUT2D eigenvalue weighted by molar-refractivity contribution is 5.32. The summed E-state index contributed by atoms with van der Waals surface area (Å²) < 4.78 is 5.64. The maximum atomic E-state index is 11.9. The van der Waals surface area contributed by atoms with Crippen molar-refractivity contribution in [1.29, 1.82) is 0 Å². The van der Waals surface area contributed by atoms with Crippen molar-refractivity contribution in [3.05, 3.63) is 33.2 Å². The smallest absolute Gasteiger partial charge is 0.290 e. The zero-order valence-corrected chi connectivity index (χ0v) is 14.3. The van der Waals surface area contributed by atoms with E-state index in [2.05, 4.69) is 16.8 Å². The Bertz CT molecular complexity index is 542. The summed E-state index contributed by atoms with van der Waals surface area (Å²) in [5.41, 5.74) is 2.87. The molecule has 1 atom stereocenters. The highest BCUT2D eigenvalue weighted by Gasteiger charge is 2.23. The first-order valence-corrected chi connectivity index (χ1v) is 8.09. The van der Waals surface area contributed by atoms with Crippen molar-refractivity contribution >= 4 is 6.47 Å². The van der Waals surface area contributed by atoms with Crippen molar-refractivity contribution in [2.45, 2.75) is 40.2 Å². The molecule has 23 heavy (non-hydrogen) atoms. The number of nitrogens with zero attached hydrogens (tertiary/aromatic N) is 1. The lowest BCUT2D eigenvalue weighted by Crippen LogP contribution is -2.24. The van der Waals surface area contributed by atoms with E-state index < -0.39 is 0 Å². The number of H-pyrrole nitrogens is 1. The van der Waals surface area contributed by atoms with Gasteiger partial charge in [-0.15, -0.1) is 0 Å². The third-order valence-corrected chi connectivity index (χ3v) is 4.07. The Labute approximate surface area is 137 Å². The summed E-state index contributed by atoms with van der Waals surface area (Å²) in [6.07, 6.45) is 4.10. The van der Waals surface area contributed by atoms with Crippen LogP contribution in [0.15, 0.2) is 11.0 Å². The molecule has 0 radical (unpaired) electrons.